The summed E-state index contributed by atoms with van der Waals surface area (Å²) in [6.07, 6.45) is 0.176. The third kappa shape index (κ3) is 4.89. The molecule has 0 spiro atoms. The molecular weight excluding hydrogens is 322 g/mol. The second kappa shape index (κ2) is 7.13. The molecule has 1 aromatic carbocycles. The number of aromatic nitrogens is 1. The third-order valence-electron chi connectivity index (χ3n) is 3.45. The van der Waals surface area contributed by atoms with Gasteiger partial charge in [-0.05, 0) is 25.5 Å². The van der Waals surface area contributed by atoms with Crippen LogP contribution in [0.3, 0.4) is 0 Å². The summed E-state index contributed by atoms with van der Waals surface area (Å²) in [6.45, 7) is 9.50. The number of nitrogens with one attached hydrogen (secondary N) is 2. The van der Waals surface area contributed by atoms with E-state index in [0.717, 1.165) is 16.8 Å². The smallest absolute Gasteiger partial charge is 0.231 e. The SMILES string of the molecule is Cc1ccc(NC(=O)Cc2csc(NC(=O)C(C)(C)C)n2)c(C)c1. The maximum Gasteiger partial charge on any atom is 0.231 e. The van der Waals surface area contributed by atoms with Crippen LogP contribution in [0, 0.1) is 19.3 Å². The number of rotatable bonds is 4. The van der Waals surface area contributed by atoms with Gasteiger partial charge in [0.15, 0.2) is 5.13 Å². The van der Waals surface area contributed by atoms with Gasteiger partial charge in [0.1, 0.15) is 0 Å². The number of nitrogens with zero attached hydrogens (tertiary/aromatic N) is 1. The average molecular weight is 345 g/mol. The first-order chi connectivity index (χ1) is 11.1. The lowest BCUT2D eigenvalue weighted by Gasteiger charge is -2.15. The molecule has 24 heavy (non-hydrogen) atoms. The van der Waals surface area contributed by atoms with E-state index in [1.54, 1.807) is 5.38 Å². The summed E-state index contributed by atoms with van der Waals surface area (Å²) in [4.78, 5) is 28.4. The van der Waals surface area contributed by atoms with E-state index in [9.17, 15) is 9.59 Å². The van der Waals surface area contributed by atoms with Gasteiger partial charge in [-0.15, -0.1) is 11.3 Å². The Morgan fingerprint density at radius 3 is 2.50 bits per heavy atom. The number of carbonyl (C=O) groups excluding carboxylic acids is 2. The van der Waals surface area contributed by atoms with Crippen LogP contribution in [-0.2, 0) is 16.0 Å². The fourth-order valence-corrected chi connectivity index (χ4v) is 2.75. The van der Waals surface area contributed by atoms with E-state index in [1.165, 1.54) is 11.3 Å². The minimum Gasteiger partial charge on any atom is -0.326 e. The number of thiazole rings is 1. The van der Waals surface area contributed by atoms with Crippen molar-refractivity contribution in [2.24, 2.45) is 5.41 Å². The second-order valence-electron chi connectivity index (χ2n) is 6.89. The molecule has 5 nitrogen and oxygen atoms in total. The molecule has 0 saturated heterocycles. The van der Waals surface area contributed by atoms with Gasteiger partial charge in [-0.25, -0.2) is 4.98 Å². The molecule has 0 aliphatic carbocycles. The minimum absolute atomic E-state index is 0.0943. The molecule has 0 atom stereocenters. The minimum atomic E-state index is -0.480. The maximum absolute atomic E-state index is 12.2. The van der Waals surface area contributed by atoms with Crippen LogP contribution >= 0.6 is 11.3 Å². The van der Waals surface area contributed by atoms with Gasteiger partial charge in [-0.3, -0.25) is 9.59 Å². The molecule has 2 rings (SSSR count). The molecule has 0 aliphatic rings. The highest BCUT2D eigenvalue weighted by atomic mass is 32.1. The second-order valence-corrected chi connectivity index (χ2v) is 7.75. The molecule has 0 aliphatic heterocycles. The van der Waals surface area contributed by atoms with Crippen molar-refractivity contribution in [1.82, 2.24) is 4.98 Å². The Balaban J connectivity index is 1.96. The number of benzene rings is 1. The molecule has 0 saturated carbocycles. The highest BCUT2D eigenvalue weighted by Gasteiger charge is 2.22. The van der Waals surface area contributed by atoms with Crippen molar-refractivity contribution < 1.29 is 9.59 Å². The summed E-state index contributed by atoms with van der Waals surface area (Å²) in [6, 6.07) is 5.89. The lowest BCUT2D eigenvalue weighted by atomic mass is 9.96. The van der Waals surface area contributed by atoms with Gasteiger partial charge in [0.25, 0.3) is 0 Å². The van der Waals surface area contributed by atoms with Crippen molar-refractivity contribution >= 4 is 34.0 Å². The Kier molecular flexibility index (Phi) is 5.39. The molecule has 2 aromatic rings. The fraction of sp³-hybridized carbons (Fsp3) is 0.389. The molecular formula is C18H23N3O2S. The molecule has 0 radical (unpaired) electrons. The van der Waals surface area contributed by atoms with Crippen molar-refractivity contribution in [2.45, 2.75) is 41.0 Å². The molecule has 1 aromatic heterocycles. The number of anilines is 2. The number of carbonyl (C=O) groups is 2. The zero-order valence-corrected chi connectivity index (χ0v) is 15.5. The molecule has 2 N–H and O–H groups in total. The van der Waals surface area contributed by atoms with E-state index in [-0.39, 0.29) is 18.2 Å². The summed E-state index contributed by atoms with van der Waals surface area (Å²) in [5.74, 6) is -0.218. The lowest BCUT2D eigenvalue weighted by molar-refractivity contribution is -0.123. The number of amides is 2. The van der Waals surface area contributed by atoms with Crippen LogP contribution in [0.5, 0.6) is 0 Å². The van der Waals surface area contributed by atoms with Gasteiger partial charge < -0.3 is 10.6 Å². The summed E-state index contributed by atoms with van der Waals surface area (Å²) < 4.78 is 0. The number of aryl methyl sites for hydroxylation is 2. The maximum atomic E-state index is 12.2. The van der Waals surface area contributed by atoms with Crippen LogP contribution in [0.2, 0.25) is 0 Å². The van der Waals surface area contributed by atoms with Gasteiger partial charge in [0.2, 0.25) is 11.8 Å². The predicted molar refractivity (Wildman–Crippen MR) is 98.4 cm³/mol. The molecule has 6 heteroatoms. The predicted octanol–water partition coefficient (Wildman–Crippen LogP) is 3.93. The zero-order chi connectivity index (χ0) is 17.9. The Labute approximate surface area is 146 Å². The van der Waals surface area contributed by atoms with Crippen molar-refractivity contribution in [3.8, 4) is 0 Å². The first kappa shape index (κ1) is 18.1. The van der Waals surface area contributed by atoms with Gasteiger partial charge in [-0.1, -0.05) is 38.5 Å². The normalized spacial score (nSPS) is 11.2. The van der Waals surface area contributed by atoms with Crippen molar-refractivity contribution in [2.75, 3.05) is 10.6 Å². The molecule has 0 unspecified atom stereocenters. The van der Waals surface area contributed by atoms with Gasteiger partial charge in [0.05, 0.1) is 12.1 Å². The summed E-state index contributed by atoms with van der Waals surface area (Å²) in [5, 5.41) is 7.99. The molecule has 128 valence electrons. The van der Waals surface area contributed by atoms with Crippen molar-refractivity contribution in [1.29, 1.82) is 0 Å². The van der Waals surface area contributed by atoms with Gasteiger partial charge >= 0.3 is 0 Å². The molecule has 1 heterocycles. The average Bonchev–Trinajstić information content (AvgIpc) is 2.88. The third-order valence-corrected chi connectivity index (χ3v) is 4.26. The van der Waals surface area contributed by atoms with Crippen LogP contribution in [-0.4, -0.2) is 16.8 Å². The summed E-state index contributed by atoms with van der Waals surface area (Å²) >= 11 is 1.32. The first-order valence-corrected chi connectivity index (χ1v) is 8.66. The van der Waals surface area contributed by atoms with E-state index in [0.29, 0.717) is 10.8 Å². The highest BCUT2D eigenvalue weighted by Crippen LogP contribution is 2.21. The Morgan fingerprint density at radius 1 is 1.17 bits per heavy atom. The quantitative estimate of drug-likeness (QED) is 0.882. The largest absolute Gasteiger partial charge is 0.326 e. The summed E-state index contributed by atoms with van der Waals surface area (Å²) in [7, 11) is 0. The van der Waals surface area contributed by atoms with Crippen molar-refractivity contribution in [3.63, 3.8) is 0 Å². The van der Waals surface area contributed by atoms with E-state index in [2.05, 4.69) is 15.6 Å². The van der Waals surface area contributed by atoms with Gasteiger partial charge in [-0.2, -0.15) is 0 Å². The fourth-order valence-electron chi connectivity index (χ4n) is 2.04. The zero-order valence-electron chi connectivity index (χ0n) is 14.7. The van der Waals surface area contributed by atoms with Gasteiger partial charge in [0, 0.05) is 16.5 Å². The standard InChI is InChI=1S/C18H23N3O2S/c1-11-6-7-14(12(2)8-11)20-15(22)9-13-10-24-17(19-13)21-16(23)18(3,4)5/h6-8,10H,9H2,1-5H3,(H,20,22)(H,19,21,23). The summed E-state index contributed by atoms with van der Waals surface area (Å²) in [5.41, 5.74) is 3.16. The Bertz CT molecular complexity index is 760. The van der Waals surface area contributed by atoms with Crippen LogP contribution in [0.25, 0.3) is 0 Å². The van der Waals surface area contributed by atoms with Crippen molar-refractivity contribution in [3.05, 3.63) is 40.4 Å². The number of hydrogen-bond acceptors (Lipinski definition) is 4. The van der Waals surface area contributed by atoms with E-state index in [1.807, 2.05) is 52.8 Å². The van der Waals surface area contributed by atoms with Crippen LogP contribution < -0.4 is 10.6 Å². The Hall–Kier alpha value is -2.21. The monoisotopic (exact) mass is 345 g/mol. The topological polar surface area (TPSA) is 71.1 Å². The van der Waals surface area contributed by atoms with E-state index < -0.39 is 5.41 Å². The molecule has 0 fully saturated rings. The first-order valence-electron chi connectivity index (χ1n) is 7.78. The molecule has 0 bridgehead atoms. The molecule has 2 amide bonds. The van der Waals surface area contributed by atoms with Crippen LogP contribution in [0.1, 0.15) is 37.6 Å². The lowest BCUT2D eigenvalue weighted by Crippen LogP contribution is -2.27. The Morgan fingerprint density at radius 2 is 1.88 bits per heavy atom. The van der Waals surface area contributed by atoms with Crippen LogP contribution in [0.15, 0.2) is 23.6 Å². The van der Waals surface area contributed by atoms with E-state index >= 15 is 0 Å². The highest BCUT2D eigenvalue weighted by molar-refractivity contribution is 7.13. The van der Waals surface area contributed by atoms with Crippen LogP contribution in [0.4, 0.5) is 10.8 Å². The number of hydrogen-bond donors (Lipinski definition) is 2. The van der Waals surface area contributed by atoms with E-state index in [4.69, 9.17) is 0 Å².